The second-order valence-electron chi connectivity index (χ2n) is 4.21. The van der Waals surface area contributed by atoms with Crippen LogP contribution in [0.5, 0.6) is 5.75 Å². The second kappa shape index (κ2) is 4.65. The zero-order chi connectivity index (χ0) is 14.1. The van der Waals surface area contributed by atoms with Crippen LogP contribution in [0.1, 0.15) is 0 Å². The average molecular weight is 271 g/mol. The van der Waals surface area contributed by atoms with Gasteiger partial charge in [0.25, 0.3) is 5.89 Å². The summed E-state index contributed by atoms with van der Waals surface area (Å²) in [6.45, 7) is 0. The summed E-state index contributed by atoms with van der Waals surface area (Å²) in [6, 6.07) is 10.6. The molecule has 0 atom stereocenters. The molecule has 0 unspecified atom stereocenters. The molecular formula is C14H10FN3O2. The van der Waals surface area contributed by atoms with Gasteiger partial charge in [0.05, 0.1) is 5.69 Å². The monoisotopic (exact) mass is 271 g/mol. The fourth-order valence-corrected chi connectivity index (χ4v) is 1.73. The predicted octanol–water partition coefficient (Wildman–Crippen LogP) is 2.83. The van der Waals surface area contributed by atoms with Crippen LogP contribution in [-0.2, 0) is 0 Å². The first-order chi connectivity index (χ1) is 9.63. The molecule has 2 aromatic carbocycles. The molecule has 0 aliphatic heterocycles. The van der Waals surface area contributed by atoms with Gasteiger partial charge in [0.2, 0.25) is 5.82 Å². The molecule has 0 spiro atoms. The molecule has 6 heteroatoms. The van der Waals surface area contributed by atoms with Gasteiger partial charge < -0.3 is 15.4 Å². The number of rotatable bonds is 2. The van der Waals surface area contributed by atoms with Crippen LogP contribution < -0.4 is 5.73 Å². The van der Waals surface area contributed by atoms with Gasteiger partial charge in [-0.15, -0.1) is 0 Å². The van der Waals surface area contributed by atoms with Gasteiger partial charge in [0, 0.05) is 11.1 Å². The van der Waals surface area contributed by atoms with Crippen molar-refractivity contribution >= 4 is 5.69 Å². The molecule has 0 radical (unpaired) electrons. The Labute approximate surface area is 113 Å². The van der Waals surface area contributed by atoms with Crippen molar-refractivity contribution in [2.75, 3.05) is 5.73 Å². The number of phenolic OH excluding ortho intramolecular Hbond substituents is 1. The molecule has 0 fully saturated rings. The quantitative estimate of drug-likeness (QED) is 0.700. The van der Waals surface area contributed by atoms with E-state index in [1.54, 1.807) is 18.2 Å². The number of aromatic nitrogens is 2. The Morgan fingerprint density at radius 3 is 2.45 bits per heavy atom. The lowest BCUT2D eigenvalue weighted by Gasteiger charge is -1.97. The zero-order valence-electron chi connectivity index (χ0n) is 10.2. The highest BCUT2D eigenvalue weighted by Crippen LogP contribution is 2.25. The standard InChI is InChI=1S/C14H10FN3O2/c15-11-7-9(3-6-12(11)16)14-17-13(18-20-14)8-1-4-10(19)5-2-8/h1-7,19H,16H2. The Balaban J connectivity index is 1.97. The molecule has 0 bridgehead atoms. The topological polar surface area (TPSA) is 85.2 Å². The number of halogens is 1. The number of anilines is 1. The van der Waals surface area contributed by atoms with E-state index < -0.39 is 5.82 Å². The summed E-state index contributed by atoms with van der Waals surface area (Å²) in [5.41, 5.74) is 6.62. The first-order valence-corrected chi connectivity index (χ1v) is 5.82. The van der Waals surface area contributed by atoms with Crippen molar-refractivity contribution in [3.8, 4) is 28.6 Å². The smallest absolute Gasteiger partial charge is 0.258 e. The molecular weight excluding hydrogens is 261 g/mol. The molecule has 0 amide bonds. The Hall–Kier alpha value is -2.89. The van der Waals surface area contributed by atoms with Crippen molar-refractivity contribution in [2.24, 2.45) is 0 Å². The lowest BCUT2D eigenvalue weighted by molar-refractivity contribution is 0.432. The molecule has 3 aromatic rings. The first-order valence-electron chi connectivity index (χ1n) is 5.82. The maximum absolute atomic E-state index is 13.4. The Morgan fingerprint density at radius 1 is 1.05 bits per heavy atom. The van der Waals surface area contributed by atoms with Gasteiger partial charge in [-0.05, 0) is 42.5 Å². The van der Waals surface area contributed by atoms with Crippen LogP contribution in [0.25, 0.3) is 22.8 Å². The predicted molar refractivity (Wildman–Crippen MR) is 71.2 cm³/mol. The molecule has 0 saturated heterocycles. The van der Waals surface area contributed by atoms with Crippen LogP contribution >= 0.6 is 0 Å². The summed E-state index contributed by atoms with van der Waals surface area (Å²) in [5, 5.41) is 13.0. The van der Waals surface area contributed by atoms with Crippen LogP contribution in [0, 0.1) is 5.82 Å². The van der Waals surface area contributed by atoms with E-state index in [0.717, 1.165) is 0 Å². The van der Waals surface area contributed by atoms with E-state index in [1.807, 2.05) is 0 Å². The van der Waals surface area contributed by atoms with Crippen LogP contribution in [-0.4, -0.2) is 15.2 Å². The molecule has 0 aliphatic carbocycles. The Kier molecular flexibility index (Phi) is 2.83. The third-order valence-corrected chi connectivity index (χ3v) is 2.80. The van der Waals surface area contributed by atoms with Crippen molar-refractivity contribution in [2.45, 2.75) is 0 Å². The van der Waals surface area contributed by atoms with Crippen LogP contribution in [0.2, 0.25) is 0 Å². The zero-order valence-corrected chi connectivity index (χ0v) is 10.2. The van der Waals surface area contributed by atoms with Gasteiger partial charge in [-0.3, -0.25) is 0 Å². The Bertz CT molecular complexity index is 753. The van der Waals surface area contributed by atoms with Gasteiger partial charge >= 0.3 is 0 Å². The normalized spacial score (nSPS) is 10.7. The van der Waals surface area contributed by atoms with E-state index >= 15 is 0 Å². The highest BCUT2D eigenvalue weighted by Gasteiger charge is 2.12. The summed E-state index contributed by atoms with van der Waals surface area (Å²) in [5.74, 6) is 0.175. The van der Waals surface area contributed by atoms with Crippen molar-refractivity contribution in [1.29, 1.82) is 0 Å². The van der Waals surface area contributed by atoms with E-state index in [4.69, 9.17) is 10.3 Å². The number of benzene rings is 2. The van der Waals surface area contributed by atoms with E-state index in [0.29, 0.717) is 17.0 Å². The van der Waals surface area contributed by atoms with E-state index in [1.165, 1.54) is 24.3 Å². The van der Waals surface area contributed by atoms with Gasteiger partial charge in [0.1, 0.15) is 11.6 Å². The highest BCUT2D eigenvalue weighted by molar-refractivity contribution is 5.62. The van der Waals surface area contributed by atoms with Crippen LogP contribution in [0.4, 0.5) is 10.1 Å². The largest absolute Gasteiger partial charge is 0.508 e. The first kappa shape index (κ1) is 12.2. The van der Waals surface area contributed by atoms with Gasteiger partial charge in [-0.1, -0.05) is 5.16 Å². The third kappa shape index (κ3) is 2.18. The summed E-state index contributed by atoms with van der Waals surface area (Å²) in [4.78, 5) is 4.18. The number of hydrogen-bond acceptors (Lipinski definition) is 5. The molecule has 100 valence electrons. The maximum atomic E-state index is 13.4. The summed E-state index contributed by atoms with van der Waals surface area (Å²) >= 11 is 0. The number of hydrogen-bond donors (Lipinski definition) is 2. The van der Waals surface area contributed by atoms with Gasteiger partial charge in [-0.25, -0.2) is 4.39 Å². The molecule has 3 N–H and O–H groups in total. The molecule has 0 saturated carbocycles. The number of nitrogens with zero attached hydrogens (tertiary/aromatic N) is 2. The maximum Gasteiger partial charge on any atom is 0.258 e. The molecule has 1 heterocycles. The van der Waals surface area contributed by atoms with Crippen molar-refractivity contribution in [1.82, 2.24) is 10.1 Å². The summed E-state index contributed by atoms with van der Waals surface area (Å²) in [7, 11) is 0. The number of nitrogens with two attached hydrogens (primary N) is 1. The third-order valence-electron chi connectivity index (χ3n) is 2.80. The van der Waals surface area contributed by atoms with Gasteiger partial charge in [-0.2, -0.15) is 4.98 Å². The van der Waals surface area contributed by atoms with E-state index in [9.17, 15) is 9.50 Å². The molecule has 20 heavy (non-hydrogen) atoms. The minimum Gasteiger partial charge on any atom is -0.508 e. The van der Waals surface area contributed by atoms with Gasteiger partial charge in [0.15, 0.2) is 0 Å². The molecule has 0 aliphatic rings. The van der Waals surface area contributed by atoms with Crippen molar-refractivity contribution in [3.05, 3.63) is 48.3 Å². The van der Waals surface area contributed by atoms with E-state index in [2.05, 4.69) is 10.1 Å². The van der Waals surface area contributed by atoms with Crippen molar-refractivity contribution in [3.63, 3.8) is 0 Å². The molecule has 3 rings (SSSR count). The average Bonchev–Trinajstić information content (AvgIpc) is 2.92. The lowest BCUT2D eigenvalue weighted by atomic mass is 10.2. The fourth-order valence-electron chi connectivity index (χ4n) is 1.73. The molecule has 1 aromatic heterocycles. The van der Waals surface area contributed by atoms with Crippen molar-refractivity contribution < 1.29 is 14.0 Å². The van der Waals surface area contributed by atoms with E-state index in [-0.39, 0.29) is 17.3 Å². The lowest BCUT2D eigenvalue weighted by Crippen LogP contribution is -1.90. The number of aromatic hydroxyl groups is 1. The highest BCUT2D eigenvalue weighted by atomic mass is 19.1. The SMILES string of the molecule is Nc1ccc(-c2nc(-c3ccc(O)cc3)no2)cc1F. The number of phenols is 1. The molecule has 5 nitrogen and oxygen atoms in total. The fraction of sp³-hybridized carbons (Fsp3) is 0. The summed E-state index contributed by atoms with van der Waals surface area (Å²) < 4.78 is 18.5. The minimum absolute atomic E-state index is 0.0621. The van der Waals surface area contributed by atoms with Crippen LogP contribution in [0.3, 0.4) is 0 Å². The Morgan fingerprint density at radius 2 is 1.75 bits per heavy atom. The second-order valence-corrected chi connectivity index (χ2v) is 4.21. The summed E-state index contributed by atoms with van der Waals surface area (Å²) in [6.07, 6.45) is 0. The number of nitrogen functional groups attached to an aromatic ring is 1. The minimum atomic E-state index is -0.535. The van der Waals surface area contributed by atoms with Crippen LogP contribution in [0.15, 0.2) is 47.0 Å².